The Morgan fingerprint density at radius 1 is 1.28 bits per heavy atom. The largest absolute Gasteiger partial charge is 0.465 e. The standard InChI is InChI=1S/C21H24N4O4/c1-29-19-18-17-15(9-10-24(21(27)28)16(17)11-22-20(19)26)25(23-18)14-7-5-13(6-8-14)12-3-2-4-12/h5-8,12,16,19H,2-4,9-11H2,1H3,(H,22,26)(H,27,28). The van der Waals surface area contributed by atoms with Crippen LogP contribution in [0.4, 0.5) is 4.79 Å². The van der Waals surface area contributed by atoms with E-state index in [0.29, 0.717) is 24.6 Å². The van der Waals surface area contributed by atoms with Gasteiger partial charge in [-0.25, -0.2) is 9.48 Å². The van der Waals surface area contributed by atoms with Gasteiger partial charge in [0.15, 0.2) is 6.10 Å². The van der Waals surface area contributed by atoms with Gasteiger partial charge >= 0.3 is 6.09 Å². The monoisotopic (exact) mass is 396 g/mol. The summed E-state index contributed by atoms with van der Waals surface area (Å²) in [5.41, 5.74) is 4.54. The first kappa shape index (κ1) is 18.2. The molecule has 1 aliphatic carbocycles. The number of methoxy groups -OCH3 is 1. The molecule has 0 saturated heterocycles. The third-order valence-electron chi connectivity index (χ3n) is 6.50. The van der Waals surface area contributed by atoms with Gasteiger partial charge in [0.2, 0.25) is 0 Å². The van der Waals surface area contributed by atoms with E-state index < -0.39 is 18.2 Å². The molecule has 2 atom stereocenters. The molecule has 2 amide bonds. The van der Waals surface area contributed by atoms with E-state index in [0.717, 1.165) is 16.9 Å². The van der Waals surface area contributed by atoms with Crippen molar-refractivity contribution in [3.8, 4) is 5.69 Å². The summed E-state index contributed by atoms with van der Waals surface area (Å²) in [5.74, 6) is 0.367. The van der Waals surface area contributed by atoms with Gasteiger partial charge in [-0.1, -0.05) is 18.6 Å². The molecule has 5 rings (SSSR count). The SMILES string of the molecule is COC1C(=O)NCC2c3c1nn(-c1ccc(C4CCC4)cc1)c3CCN2C(=O)O. The minimum atomic E-state index is -0.991. The Kier molecular flexibility index (Phi) is 4.31. The molecule has 1 aromatic heterocycles. The van der Waals surface area contributed by atoms with Gasteiger partial charge in [0.05, 0.1) is 17.4 Å². The molecule has 2 aromatic rings. The number of hydrogen-bond donors (Lipinski definition) is 2. The number of carbonyl (C=O) groups is 2. The quantitative estimate of drug-likeness (QED) is 0.831. The van der Waals surface area contributed by atoms with Crippen molar-refractivity contribution < 1.29 is 19.4 Å². The Labute approximate surface area is 168 Å². The van der Waals surface area contributed by atoms with Gasteiger partial charge < -0.3 is 15.2 Å². The highest BCUT2D eigenvalue weighted by Gasteiger charge is 2.42. The first-order valence-corrected chi connectivity index (χ1v) is 10.1. The van der Waals surface area contributed by atoms with Crippen LogP contribution in [0.1, 0.15) is 59.8 Å². The lowest BCUT2D eigenvalue weighted by Crippen LogP contribution is -2.43. The van der Waals surface area contributed by atoms with Crippen molar-refractivity contribution in [2.24, 2.45) is 0 Å². The topological polar surface area (TPSA) is 96.7 Å². The van der Waals surface area contributed by atoms with Gasteiger partial charge in [0.1, 0.15) is 5.69 Å². The smallest absolute Gasteiger partial charge is 0.407 e. The van der Waals surface area contributed by atoms with Gasteiger partial charge in [-0.15, -0.1) is 0 Å². The highest BCUT2D eigenvalue weighted by Crippen LogP contribution is 2.40. The molecule has 1 aromatic carbocycles. The fraction of sp³-hybridized carbons (Fsp3) is 0.476. The zero-order chi connectivity index (χ0) is 20.1. The van der Waals surface area contributed by atoms with Gasteiger partial charge in [0.25, 0.3) is 5.91 Å². The molecular formula is C21H24N4O4. The van der Waals surface area contributed by atoms with Crippen molar-refractivity contribution in [3.63, 3.8) is 0 Å². The fourth-order valence-corrected chi connectivity index (χ4v) is 4.74. The van der Waals surface area contributed by atoms with Crippen LogP contribution < -0.4 is 5.32 Å². The molecule has 2 unspecified atom stereocenters. The molecular weight excluding hydrogens is 372 g/mol. The summed E-state index contributed by atoms with van der Waals surface area (Å²) < 4.78 is 7.31. The normalized spacial score (nSPS) is 23.8. The third-order valence-corrected chi connectivity index (χ3v) is 6.50. The number of ether oxygens (including phenoxy) is 1. The average molecular weight is 396 g/mol. The predicted octanol–water partition coefficient (Wildman–Crippen LogP) is 2.53. The minimum Gasteiger partial charge on any atom is -0.465 e. The van der Waals surface area contributed by atoms with Crippen LogP contribution in [0.3, 0.4) is 0 Å². The Hall–Kier alpha value is -2.87. The van der Waals surface area contributed by atoms with E-state index in [-0.39, 0.29) is 12.5 Å². The number of carboxylic acid groups (broad SMARTS) is 1. The zero-order valence-electron chi connectivity index (χ0n) is 16.3. The highest BCUT2D eigenvalue weighted by molar-refractivity contribution is 5.83. The van der Waals surface area contributed by atoms with Crippen molar-refractivity contribution >= 4 is 12.0 Å². The summed E-state index contributed by atoms with van der Waals surface area (Å²) in [5, 5.41) is 17.2. The molecule has 8 nitrogen and oxygen atoms in total. The van der Waals surface area contributed by atoms with Crippen LogP contribution in [-0.2, 0) is 16.0 Å². The Bertz CT molecular complexity index is 964. The molecule has 152 valence electrons. The van der Waals surface area contributed by atoms with Crippen LogP contribution in [0.25, 0.3) is 5.69 Å². The van der Waals surface area contributed by atoms with E-state index >= 15 is 0 Å². The van der Waals surface area contributed by atoms with Crippen molar-refractivity contribution in [1.29, 1.82) is 0 Å². The van der Waals surface area contributed by atoms with E-state index in [1.165, 1.54) is 36.8 Å². The Morgan fingerprint density at radius 2 is 2.03 bits per heavy atom. The molecule has 1 saturated carbocycles. The van der Waals surface area contributed by atoms with Crippen molar-refractivity contribution in [2.45, 2.75) is 43.7 Å². The maximum Gasteiger partial charge on any atom is 0.407 e. The van der Waals surface area contributed by atoms with Gasteiger partial charge in [-0.2, -0.15) is 5.10 Å². The lowest BCUT2D eigenvalue weighted by molar-refractivity contribution is -0.131. The molecule has 8 heteroatoms. The number of carbonyl (C=O) groups excluding carboxylic acids is 1. The molecule has 0 radical (unpaired) electrons. The van der Waals surface area contributed by atoms with Crippen molar-refractivity contribution in [3.05, 3.63) is 46.8 Å². The predicted molar refractivity (Wildman–Crippen MR) is 104 cm³/mol. The van der Waals surface area contributed by atoms with E-state index in [2.05, 4.69) is 29.6 Å². The van der Waals surface area contributed by atoms with Gasteiger partial charge in [0, 0.05) is 32.2 Å². The number of rotatable bonds is 3. The lowest BCUT2D eigenvalue weighted by Gasteiger charge is -2.33. The first-order chi connectivity index (χ1) is 14.1. The Morgan fingerprint density at radius 3 is 2.66 bits per heavy atom. The van der Waals surface area contributed by atoms with Crippen LogP contribution >= 0.6 is 0 Å². The minimum absolute atomic E-state index is 0.220. The number of benzene rings is 1. The molecule has 0 spiro atoms. The average Bonchev–Trinajstić information content (AvgIpc) is 2.98. The van der Waals surface area contributed by atoms with E-state index in [1.807, 2.05) is 4.68 Å². The summed E-state index contributed by atoms with van der Waals surface area (Å²) in [7, 11) is 1.47. The van der Waals surface area contributed by atoms with E-state index in [1.54, 1.807) is 0 Å². The van der Waals surface area contributed by atoms with Crippen LogP contribution in [0.2, 0.25) is 0 Å². The molecule has 0 bridgehead atoms. The second-order valence-corrected chi connectivity index (χ2v) is 7.98. The molecule has 3 aliphatic rings. The summed E-state index contributed by atoms with van der Waals surface area (Å²) in [4.78, 5) is 25.7. The van der Waals surface area contributed by atoms with E-state index in [4.69, 9.17) is 9.84 Å². The van der Waals surface area contributed by atoms with Crippen molar-refractivity contribution in [2.75, 3.05) is 20.2 Å². The van der Waals surface area contributed by atoms with Gasteiger partial charge in [-0.3, -0.25) is 9.69 Å². The number of aromatic nitrogens is 2. The van der Waals surface area contributed by atoms with Crippen LogP contribution in [0, 0.1) is 0 Å². The molecule has 29 heavy (non-hydrogen) atoms. The second kappa shape index (κ2) is 6.88. The van der Waals surface area contributed by atoms with Crippen LogP contribution in [0.5, 0.6) is 0 Å². The maximum absolute atomic E-state index is 12.5. The molecule has 1 fully saturated rings. The third kappa shape index (κ3) is 2.81. The highest BCUT2D eigenvalue weighted by atomic mass is 16.5. The number of nitrogens with zero attached hydrogens (tertiary/aromatic N) is 3. The Balaban J connectivity index is 1.61. The van der Waals surface area contributed by atoms with E-state index in [9.17, 15) is 14.7 Å². The van der Waals surface area contributed by atoms with Gasteiger partial charge in [-0.05, 0) is 36.5 Å². The number of amides is 2. The fourth-order valence-electron chi connectivity index (χ4n) is 4.74. The number of nitrogens with one attached hydrogen (secondary N) is 1. The zero-order valence-corrected chi connectivity index (χ0v) is 16.3. The first-order valence-electron chi connectivity index (χ1n) is 10.1. The summed E-state index contributed by atoms with van der Waals surface area (Å²) >= 11 is 0. The van der Waals surface area contributed by atoms with Crippen LogP contribution in [-0.4, -0.2) is 52.0 Å². The maximum atomic E-state index is 12.5. The summed E-state index contributed by atoms with van der Waals surface area (Å²) in [6.45, 7) is 0.586. The second-order valence-electron chi connectivity index (χ2n) is 7.98. The molecule has 3 heterocycles. The molecule has 2 N–H and O–H groups in total. The van der Waals surface area contributed by atoms with Crippen LogP contribution in [0.15, 0.2) is 24.3 Å². The van der Waals surface area contributed by atoms with Crippen molar-refractivity contribution in [1.82, 2.24) is 20.0 Å². The number of hydrogen-bond acceptors (Lipinski definition) is 4. The summed E-state index contributed by atoms with van der Waals surface area (Å²) in [6, 6.07) is 7.98. The molecule has 2 aliphatic heterocycles. The summed E-state index contributed by atoms with van der Waals surface area (Å²) in [6.07, 6.45) is 2.49. The lowest BCUT2D eigenvalue weighted by atomic mass is 9.80.